The average Bonchev–Trinajstić information content (AvgIpc) is 2.70. The van der Waals surface area contributed by atoms with Gasteiger partial charge in [-0.3, -0.25) is 9.59 Å². The van der Waals surface area contributed by atoms with Gasteiger partial charge in [-0.2, -0.15) is 0 Å². The third kappa shape index (κ3) is 1.65. The Morgan fingerprint density at radius 3 is 2.67 bits per heavy atom. The maximum atomic E-state index is 12.3. The van der Waals surface area contributed by atoms with Crippen LogP contribution in [0.4, 0.5) is 0 Å². The lowest BCUT2D eigenvalue weighted by molar-refractivity contribution is -0.141. The van der Waals surface area contributed by atoms with Crippen molar-refractivity contribution in [3.05, 3.63) is 12.2 Å². The highest BCUT2D eigenvalue weighted by Gasteiger charge is 2.61. The van der Waals surface area contributed by atoms with Crippen molar-refractivity contribution in [2.24, 2.45) is 34.5 Å². The van der Waals surface area contributed by atoms with Crippen molar-refractivity contribution >= 4 is 11.6 Å². The molecule has 2 heteroatoms. The summed E-state index contributed by atoms with van der Waals surface area (Å²) in [5.74, 6) is 2.27. The van der Waals surface area contributed by atoms with Crippen LogP contribution in [0.5, 0.6) is 0 Å². The zero-order valence-corrected chi connectivity index (χ0v) is 13.2. The molecule has 0 heterocycles. The predicted octanol–water partition coefficient (Wildman–Crippen LogP) is 3.94. The quantitative estimate of drug-likeness (QED) is 0.499. The van der Waals surface area contributed by atoms with Gasteiger partial charge >= 0.3 is 0 Å². The topological polar surface area (TPSA) is 34.1 Å². The summed E-state index contributed by atoms with van der Waals surface area (Å²) in [5.41, 5.74) is -0.0169. The molecule has 0 saturated heterocycles. The number of rotatable bonds is 0. The Balaban J connectivity index is 1.71. The fourth-order valence-corrected chi connectivity index (χ4v) is 6.41. The molecule has 6 atom stereocenters. The molecule has 0 amide bonds. The summed E-state index contributed by atoms with van der Waals surface area (Å²) in [6, 6.07) is 0. The van der Waals surface area contributed by atoms with Gasteiger partial charge in [-0.05, 0) is 67.6 Å². The molecule has 4 aliphatic rings. The molecule has 3 saturated carbocycles. The molecule has 0 aromatic heterocycles. The van der Waals surface area contributed by atoms with Crippen LogP contribution in [0.3, 0.4) is 0 Å². The first-order chi connectivity index (χ1) is 9.97. The molecule has 0 bridgehead atoms. The van der Waals surface area contributed by atoms with Gasteiger partial charge in [0.25, 0.3) is 0 Å². The Morgan fingerprint density at radius 1 is 1.05 bits per heavy atom. The molecule has 4 rings (SSSR count). The number of fused-ring (bicyclic) bond motifs is 5. The van der Waals surface area contributed by atoms with Crippen LogP contribution in [-0.4, -0.2) is 11.6 Å². The molecule has 3 fully saturated rings. The number of hydrogen-bond acceptors (Lipinski definition) is 2. The summed E-state index contributed by atoms with van der Waals surface area (Å²) in [5, 5.41) is 0. The van der Waals surface area contributed by atoms with Gasteiger partial charge in [-0.25, -0.2) is 0 Å². The highest BCUT2D eigenvalue weighted by Crippen LogP contribution is 2.63. The number of carbonyl (C=O) groups excluding carboxylic acids is 2. The molecule has 0 aromatic carbocycles. The van der Waals surface area contributed by atoms with E-state index in [-0.39, 0.29) is 17.0 Å². The molecule has 21 heavy (non-hydrogen) atoms. The molecule has 0 spiro atoms. The average molecular weight is 286 g/mol. The highest BCUT2D eigenvalue weighted by atomic mass is 16.2. The smallest absolute Gasteiger partial charge is 0.204 e. The lowest BCUT2D eigenvalue weighted by atomic mass is 9.46. The lowest BCUT2D eigenvalue weighted by Crippen LogP contribution is -2.51. The van der Waals surface area contributed by atoms with Crippen molar-refractivity contribution in [3.63, 3.8) is 0 Å². The Hall–Kier alpha value is -0.920. The van der Waals surface area contributed by atoms with Crippen LogP contribution >= 0.6 is 0 Å². The summed E-state index contributed by atoms with van der Waals surface area (Å²) >= 11 is 0. The number of hydrogen-bond donors (Lipinski definition) is 0. The van der Waals surface area contributed by atoms with Gasteiger partial charge in [-0.15, -0.1) is 0 Å². The van der Waals surface area contributed by atoms with Gasteiger partial charge in [0.1, 0.15) is 0 Å². The van der Waals surface area contributed by atoms with Crippen LogP contribution in [-0.2, 0) is 9.59 Å². The summed E-state index contributed by atoms with van der Waals surface area (Å²) in [6.07, 6.45) is 12.5. The van der Waals surface area contributed by atoms with Crippen molar-refractivity contribution in [3.8, 4) is 0 Å². The minimum absolute atomic E-state index is 0.0580. The molecule has 114 valence electrons. The van der Waals surface area contributed by atoms with Crippen molar-refractivity contribution in [1.29, 1.82) is 0 Å². The Morgan fingerprint density at radius 2 is 1.86 bits per heavy atom. The van der Waals surface area contributed by atoms with Gasteiger partial charge in [0, 0.05) is 11.8 Å². The fraction of sp³-hybridized carbons (Fsp3) is 0.789. The molecule has 0 aromatic rings. The summed E-state index contributed by atoms with van der Waals surface area (Å²) < 4.78 is 0. The van der Waals surface area contributed by atoms with E-state index in [9.17, 15) is 9.59 Å². The first-order valence-corrected chi connectivity index (χ1v) is 8.72. The van der Waals surface area contributed by atoms with Crippen molar-refractivity contribution in [2.45, 2.75) is 58.8 Å². The van der Waals surface area contributed by atoms with E-state index in [1.807, 2.05) is 0 Å². The Labute approximate surface area is 127 Å². The minimum Gasteiger partial charge on any atom is -0.291 e. The van der Waals surface area contributed by atoms with Crippen molar-refractivity contribution in [1.82, 2.24) is 0 Å². The van der Waals surface area contributed by atoms with E-state index in [1.165, 1.54) is 25.7 Å². The molecule has 0 aliphatic heterocycles. The largest absolute Gasteiger partial charge is 0.291 e. The van der Waals surface area contributed by atoms with Gasteiger partial charge in [-0.1, -0.05) is 26.0 Å². The fourth-order valence-electron chi connectivity index (χ4n) is 6.41. The highest BCUT2D eigenvalue weighted by molar-refractivity contribution is 6.41. The van der Waals surface area contributed by atoms with Gasteiger partial charge in [0.15, 0.2) is 5.78 Å². The third-order valence-electron chi connectivity index (χ3n) is 7.69. The molecule has 4 aliphatic carbocycles. The van der Waals surface area contributed by atoms with E-state index in [4.69, 9.17) is 0 Å². The minimum atomic E-state index is -0.334. The van der Waals surface area contributed by atoms with Crippen LogP contribution < -0.4 is 0 Å². The van der Waals surface area contributed by atoms with Crippen LogP contribution in [0.2, 0.25) is 0 Å². The molecular weight excluding hydrogens is 260 g/mol. The van der Waals surface area contributed by atoms with Gasteiger partial charge in [0.2, 0.25) is 5.78 Å². The van der Waals surface area contributed by atoms with E-state index in [2.05, 4.69) is 26.0 Å². The second kappa shape index (κ2) is 4.30. The number of Topliss-reactive ketones (excluding diaryl/α,β-unsaturated/α-hetero) is 2. The van der Waals surface area contributed by atoms with E-state index in [1.54, 1.807) is 0 Å². The SMILES string of the molecule is CC12CCC3C(CCC4CCC=CC43C)C1CC(=O)C2=O. The Bertz CT molecular complexity index is 534. The maximum Gasteiger partial charge on any atom is 0.204 e. The summed E-state index contributed by atoms with van der Waals surface area (Å²) in [6.45, 7) is 4.53. The molecule has 2 nitrogen and oxygen atoms in total. The lowest BCUT2D eigenvalue weighted by Gasteiger charge is -2.57. The monoisotopic (exact) mass is 286 g/mol. The van der Waals surface area contributed by atoms with E-state index in [0.29, 0.717) is 29.6 Å². The number of allylic oxidation sites excluding steroid dienone is 2. The Kier molecular flexibility index (Phi) is 2.81. The standard InChI is InChI=1S/C19H26O2/c1-18-9-4-3-5-12(18)6-7-13-14(18)8-10-19(2)15(13)11-16(20)17(19)21/h4,9,12-15H,3,5-8,10-11H2,1-2H3. The van der Waals surface area contributed by atoms with Crippen LogP contribution in [0.25, 0.3) is 0 Å². The van der Waals surface area contributed by atoms with Crippen LogP contribution in [0.15, 0.2) is 12.2 Å². The first-order valence-electron chi connectivity index (χ1n) is 8.72. The molecule has 0 N–H and O–H groups in total. The third-order valence-corrected chi connectivity index (χ3v) is 7.69. The zero-order valence-electron chi connectivity index (χ0n) is 13.2. The predicted molar refractivity (Wildman–Crippen MR) is 81.6 cm³/mol. The number of ketones is 2. The maximum absolute atomic E-state index is 12.3. The summed E-state index contributed by atoms with van der Waals surface area (Å²) in [4.78, 5) is 24.4. The second-order valence-corrected chi connectivity index (χ2v) is 8.41. The van der Waals surface area contributed by atoms with Gasteiger partial charge in [0.05, 0.1) is 0 Å². The second-order valence-electron chi connectivity index (χ2n) is 8.41. The summed E-state index contributed by atoms with van der Waals surface area (Å²) in [7, 11) is 0. The number of carbonyl (C=O) groups is 2. The first kappa shape index (κ1) is 13.7. The van der Waals surface area contributed by atoms with E-state index in [0.717, 1.165) is 18.8 Å². The van der Waals surface area contributed by atoms with Crippen LogP contribution in [0, 0.1) is 34.5 Å². The normalized spacial score (nSPS) is 52.3. The molecule has 6 unspecified atom stereocenters. The van der Waals surface area contributed by atoms with Crippen LogP contribution in [0.1, 0.15) is 58.8 Å². The van der Waals surface area contributed by atoms with Crippen molar-refractivity contribution in [2.75, 3.05) is 0 Å². The molecular formula is C19H26O2. The zero-order chi connectivity index (χ0) is 14.8. The molecule has 0 radical (unpaired) electrons. The van der Waals surface area contributed by atoms with E-state index >= 15 is 0 Å². The van der Waals surface area contributed by atoms with Crippen molar-refractivity contribution < 1.29 is 9.59 Å². The van der Waals surface area contributed by atoms with E-state index < -0.39 is 0 Å². The van der Waals surface area contributed by atoms with Gasteiger partial charge < -0.3 is 0 Å².